The fourth-order valence-electron chi connectivity index (χ4n) is 1.16. The van der Waals surface area contributed by atoms with E-state index >= 15 is 0 Å². The molecule has 18 heavy (non-hydrogen) atoms. The van der Waals surface area contributed by atoms with Gasteiger partial charge in [0.25, 0.3) is 10.1 Å². The molecule has 1 saturated heterocycles. The molecule has 7 heteroatoms. The monoisotopic (exact) mass is 273 g/mol. The number of benzene rings is 1. The number of carbonyl (C=O) groups excluding carboxylic acids is 1. The van der Waals surface area contributed by atoms with Crippen molar-refractivity contribution < 1.29 is 22.5 Å². The second-order valence-corrected chi connectivity index (χ2v) is 5.38. The predicted octanol–water partition coefficient (Wildman–Crippen LogP) is 0.501. The summed E-state index contributed by atoms with van der Waals surface area (Å²) in [7, 11) is -4.02. The smallest absolute Gasteiger partial charge is 0.327 e. The van der Waals surface area contributed by atoms with E-state index in [1.807, 2.05) is 6.92 Å². The summed E-state index contributed by atoms with van der Waals surface area (Å²) < 4.78 is 34.0. The first-order valence-electron chi connectivity index (χ1n) is 5.22. The number of cyclic esters (lactones) is 1. The van der Waals surface area contributed by atoms with Crippen LogP contribution in [0.4, 0.5) is 0 Å². The van der Waals surface area contributed by atoms with E-state index < -0.39 is 10.1 Å². The average molecular weight is 273 g/mol. The van der Waals surface area contributed by atoms with Crippen molar-refractivity contribution in [2.75, 3.05) is 0 Å². The standard InChI is InChI=1S/C7H8O3S.C4H7NO2/c1-6-2-4-7(5-3-6)11(8,9)10;1-2-3(5)4(6)7-2/h2-5H,1H3,(H,8,9,10);2-3H,5H2,1H3/t;2-,3-/m.0/s1. The number of carbonyl (C=O) groups is 1. The van der Waals surface area contributed by atoms with Gasteiger partial charge in [0.2, 0.25) is 0 Å². The molecule has 0 bridgehead atoms. The molecule has 6 nitrogen and oxygen atoms in total. The molecular formula is C11H15NO5S. The minimum atomic E-state index is -4.02. The predicted molar refractivity (Wildman–Crippen MR) is 64.5 cm³/mol. The average Bonchev–Trinajstić information content (AvgIpc) is 2.29. The Bertz CT molecular complexity index is 523. The van der Waals surface area contributed by atoms with Gasteiger partial charge in [0.1, 0.15) is 12.1 Å². The third-order valence-electron chi connectivity index (χ3n) is 2.40. The Hall–Kier alpha value is -1.44. The fraction of sp³-hybridized carbons (Fsp3) is 0.364. The maximum Gasteiger partial charge on any atom is 0.327 e. The lowest BCUT2D eigenvalue weighted by Gasteiger charge is -2.28. The number of hydrogen-bond acceptors (Lipinski definition) is 5. The molecule has 0 saturated carbocycles. The van der Waals surface area contributed by atoms with Crippen molar-refractivity contribution in [3.05, 3.63) is 29.8 Å². The molecule has 1 fully saturated rings. The lowest BCUT2D eigenvalue weighted by atomic mass is 10.1. The molecule has 1 aliphatic heterocycles. The van der Waals surface area contributed by atoms with Crippen LogP contribution in [-0.4, -0.2) is 31.1 Å². The Morgan fingerprint density at radius 1 is 1.28 bits per heavy atom. The zero-order valence-corrected chi connectivity index (χ0v) is 10.8. The summed E-state index contributed by atoms with van der Waals surface area (Å²) in [6.45, 7) is 3.61. The van der Waals surface area contributed by atoms with Gasteiger partial charge in [0.05, 0.1) is 4.90 Å². The quantitative estimate of drug-likeness (QED) is 0.570. The molecule has 100 valence electrons. The van der Waals surface area contributed by atoms with Crippen LogP contribution in [-0.2, 0) is 19.6 Å². The van der Waals surface area contributed by atoms with Crippen LogP contribution in [0.1, 0.15) is 12.5 Å². The van der Waals surface area contributed by atoms with Gasteiger partial charge in [-0.15, -0.1) is 0 Å². The van der Waals surface area contributed by atoms with Crippen LogP contribution < -0.4 is 5.73 Å². The fourth-order valence-corrected chi connectivity index (χ4v) is 1.64. The van der Waals surface area contributed by atoms with Gasteiger partial charge < -0.3 is 10.5 Å². The molecule has 2 rings (SSSR count). The van der Waals surface area contributed by atoms with Crippen LogP contribution in [0.3, 0.4) is 0 Å². The van der Waals surface area contributed by atoms with Crippen molar-refractivity contribution in [1.82, 2.24) is 0 Å². The van der Waals surface area contributed by atoms with E-state index in [1.165, 1.54) is 12.1 Å². The summed E-state index contributed by atoms with van der Waals surface area (Å²) in [6, 6.07) is 5.63. The van der Waals surface area contributed by atoms with Gasteiger partial charge in [-0.05, 0) is 26.0 Å². The van der Waals surface area contributed by atoms with E-state index in [1.54, 1.807) is 19.1 Å². The maximum atomic E-state index is 10.5. The van der Waals surface area contributed by atoms with Crippen molar-refractivity contribution in [2.45, 2.75) is 30.9 Å². The Labute approximate surface area is 105 Å². The minimum Gasteiger partial charge on any atom is -0.459 e. The van der Waals surface area contributed by atoms with Crippen LogP contribution in [0.2, 0.25) is 0 Å². The van der Waals surface area contributed by atoms with Crippen molar-refractivity contribution >= 4 is 16.1 Å². The molecular weight excluding hydrogens is 258 g/mol. The Kier molecular flexibility index (Phi) is 4.44. The summed E-state index contributed by atoms with van der Waals surface area (Å²) >= 11 is 0. The lowest BCUT2D eigenvalue weighted by molar-refractivity contribution is -0.171. The van der Waals surface area contributed by atoms with Gasteiger partial charge in [-0.1, -0.05) is 17.7 Å². The zero-order chi connectivity index (χ0) is 13.9. The Morgan fingerprint density at radius 3 is 2.00 bits per heavy atom. The molecule has 2 atom stereocenters. The van der Waals surface area contributed by atoms with E-state index in [0.717, 1.165) is 5.56 Å². The molecule has 0 radical (unpaired) electrons. The Morgan fingerprint density at radius 2 is 1.78 bits per heavy atom. The molecule has 1 heterocycles. The summed E-state index contributed by atoms with van der Waals surface area (Å²) in [5.41, 5.74) is 6.15. The number of aryl methyl sites for hydroxylation is 1. The second kappa shape index (κ2) is 5.47. The molecule has 3 N–H and O–H groups in total. The number of esters is 1. The van der Waals surface area contributed by atoms with Crippen LogP contribution >= 0.6 is 0 Å². The Balaban J connectivity index is 0.000000199. The topological polar surface area (TPSA) is 107 Å². The molecule has 0 aliphatic carbocycles. The molecule has 0 unspecified atom stereocenters. The normalized spacial score (nSPS) is 22.3. The number of ether oxygens (including phenoxy) is 1. The second-order valence-electron chi connectivity index (χ2n) is 3.96. The maximum absolute atomic E-state index is 10.5. The van der Waals surface area contributed by atoms with Crippen LogP contribution in [0, 0.1) is 6.92 Å². The van der Waals surface area contributed by atoms with Crippen molar-refractivity contribution in [1.29, 1.82) is 0 Å². The summed E-state index contributed by atoms with van der Waals surface area (Å²) in [5, 5.41) is 0. The minimum absolute atomic E-state index is 0.0625. The number of hydrogen-bond donors (Lipinski definition) is 2. The van der Waals surface area contributed by atoms with Crippen LogP contribution in [0.15, 0.2) is 29.2 Å². The molecule has 0 aromatic heterocycles. The zero-order valence-electron chi connectivity index (χ0n) is 10.0. The largest absolute Gasteiger partial charge is 0.459 e. The highest BCUT2D eigenvalue weighted by Gasteiger charge is 2.35. The number of rotatable bonds is 1. The molecule has 0 amide bonds. The summed E-state index contributed by atoms with van der Waals surface area (Å²) in [4.78, 5) is 10.0. The van der Waals surface area contributed by atoms with E-state index in [9.17, 15) is 13.2 Å². The van der Waals surface area contributed by atoms with Gasteiger partial charge in [0.15, 0.2) is 0 Å². The molecule has 1 aromatic carbocycles. The van der Waals surface area contributed by atoms with Gasteiger partial charge in [-0.3, -0.25) is 9.35 Å². The van der Waals surface area contributed by atoms with E-state index in [-0.39, 0.29) is 23.0 Å². The van der Waals surface area contributed by atoms with Crippen LogP contribution in [0.5, 0.6) is 0 Å². The summed E-state index contributed by atoms with van der Waals surface area (Å²) in [5.74, 6) is -0.285. The van der Waals surface area contributed by atoms with Crippen LogP contribution in [0.25, 0.3) is 0 Å². The SMILES string of the molecule is C[C@@H]1OC(=O)[C@H]1N.Cc1ccc(S(=O)(=O)O)cc1. The van der Waals surface area contributed by atoms with E-state index in [0.29, 0.717) is 0 Å². The van der Waals surface area contributed by atoms with Crippen molar-refractivity contribution in [2.24, 2.45) is 5.73 Å². The molecule has 1 aliphatic rings. The van der Waals surface area contributed by atoms with Crippen molar-refractivity contribution in [3.63, 3.8) is 0 Å². The third-order valence-corrected chi connectivity index (χ3v) is 3.27. The van der Waals surface area contributed by atoms with Crippen molar-refractivity contribution in [3.8, 4) is 0 Å². The highest BCUT2D eigenvalue weighted by atomic mass is 32.2. The first kappa shape index (κ1) is 14.6. The highest BCUT2D eigenvalue weighted by molar-refractivity contribution is 7.85. The lowest BCUT2D eigenvalue weighted by Crippen LogP contribution is -2.54. The first-order valence-corrected chi connectivity index (χ1v) is 6.66. The molecule has 1 aromatic rings. The van der Waals surface area contributed by atoms with E-state index in [4.69, 9.17) is 10.3 Å². The van der Waals surface area contributed by atoms with E-state index in [2.05, 4.69) is 4.74 Å². The van der Waals surface area contributed by atoms with Gasteiger partial charge in [-0.25, -0.2) is 0 Å². The summed E-state index contributed by atoms with van der Waals surface area (Å²) in [6.07, 6.45) is -0.0625. The van der Waals surface area contributed by atoms with Gasteiger partial charge in [-0.2, -0.15) is 8.42 Å². The molecule has 0 spiro atoms. The van der Waals surface area contributed by atoms with Gasteiger partial charge in [0, 0.05) is 0 Å². The number of nitrogens with two attached hydrogens (primary N) is 1. The third kappa shape index (κ3) is 3.80. The van der Waals surface area contributed by atoms with Gasteiger partial charge >= 0.3 is 5.97 Å². The first-order chi connectivity index (χ1) is 8.21. The highest BCUT2D eigenvalue weighted by Crippen LogP contribution is 2.09.